The molecule has 1 aromatic rings. The minimum Gasteiger partial charge on any atom is -0.298 e. The second-order valence-electron chi connectivity index (χ2n) is 5.02. The van der Waals surface area contributed by atoms with Gasteiger partial charge in [-0.1, -0.05) is 12.8 Å². The average molecular weight is 274 g/mol. The number of nitrogens with zero attached hydrogens (tertiary/aromatic N) is 1. The van der Waals surface area contributed by atoms with Gasteiger partial charge < -0.3 is 0 Å². The molecular formula is C14H18ClF2N. The Kier molecular flexibility index (Phi) is 4.57. The summed E-state index contributed by atoms with van der Waals surface area (Å²) in [4.78, 5) is 2.04. The van der Waals surface area contributed by atoms with E-state index in [-0.39, 0.29) is 17.2 Å². The van der Waals surface area contributed by atoms with Gasteiger partial charge in [-0.2, -0.15) is 0 Å². The van der Waals surface area contributed by atoms with Crippen LogP contribution in [0.4, 0.5) is 8.78 Å². The van der Waals surface area contributed by atoms with Crippen LogP contribution < -0.4 is 0 Å². The van der Waals surface area contributed by atoms with Crippen molar-refractivity contribution in [3.63, 3.8) is 0 Å². The molecule has 1 aliphatic rings. The van der Waals surface area contributed by atoms with E-state index in [0.29, 0.717) is 12.1 Å². The first-order chi connectivity index (χ1) is 8.58. The third-order valence-electron chi connectivity index (χ3n) is 3.64. The maximum absolute atomic E-state index is 13.6. The molecule has 0 aliphatic heterocycles. The summed E-state index contributed by atoms with van der Waals surface area (Å²) in [6.07, 6.45) is 4.35. The smallest absolute Gasteiger partial charge is 0.127 e. The Labute approximate surface area is 112 Å². The number of benzene rings is 1. The molecule has 0 radical (unpaired) electrons. The summed E-state index contributed by atoms with van der Waals surface area (Å²) < 4.78 is 26.7. The van der Waals surface area contributed by atoms with Gasteiger partial charge in [-0.15, -0.1) is 11.6 Å². The number of hydrogen-bond acceptors (Lipinski definition) is 1. The van der Waals surface area contributed by atoms with Gasteiger partial charge >= 0.3 is 0 Å². The Morgan fingerprint density at radius 1 is 1.28 bits per heavy atom. The van der Waals surface area contributed by atoms with Gasteiger partial charge in [0, 0.05) is 23.5 Å². The second kappa shape index (κ2) is 5.98. The molecule has 2 unspecified atom stereocenters. The summed E-state index contributed by atoms with van der Waals surface area (Å²) in [6.45, 7) is 0.400. The van der Waals surface area contributed by atoms with Gasteiger partial charge in [-0.3, -0.25) is 4.90 Å². The average Bonchev–Trinajstić information content (AvgIpc) is 2.34. The van der Waals surface area contributed by atoms with Crippen LogP contribution in [0.25, 0.3) is 0 Å². The van der Waals surface area contributed by atoms with Gasteiger partial charge in [-0.05, 0) is 38.1 Å². The lowest BCUT2D eigenvalue weighted by molar-refractivity contribution is 0.186. The molecule has 1 saturated carbocycles. The van der Waals surface area contributed by atoms with Crippen LogP contribution in [0.15, 0.2) is 18.2 Å². The molecule has 2 atom stereocenters. The molecule has 100 valence electrons. The molecule has 0 amide bonds. The van der Waals surface area contributed by atoms with Crippen molar-refractivity contribution in [2.45, 2.75) is 43.6 Å². The third-order valence-corrected chi connectivity index (χ3v) is 4.15. The molecule has 2 rings (SSSR count). The van der Waals surface area contributed by atoms with E-state index in [1.807, 2.05) is 11.9 Å². The molecule has 0 saturated heterocycles. The van der Waals surface area contributed by atoms with Crippen LogP contribution in [0.3, 0.4) is 0 Å². The van der Waals surface area contributed by atoms with Crippen LogP contribution in [-0.4, -0.2) is 23.4 Å². The van der Waals surface area contributed by atoms with Crippen LogP contribution in [0.5, 0.6) is 0 Å². The van der Waals surface area contributed by atoms with E-state index in [1.54, 1.807) is 0 Å². The maximum Gasteiger partial charge on any atom is 0.127 e. The maximum atomic E-state index is 13.6. The van der Waals surface area contributed by atoms with Crippen molar-refractivity contribution >= 4 is 11.6 Å². The highest BCUT2D eigenvalue weighted by Gasteiger charge is 2.27. The van der Waals surface area contributed by atoms with Crippen LogP contribution in [0.2, 0.25) is 0 Å². The summed E-state index contributed by atoms with van der Waals surface area (Å²) in [5.74, 6) is -0.754. The normalized spacial score (nSPS) is 24.5. The van der Waals surface area contributed by atoms with Crippen LogP contribution in [0, 0.1) is 11.6 Å². The lowest BCUT2D eigenvalue weighted by Crippen LogP contribution is -2.40. The largest absolute Gasteiger partial charge is 0.298 e. The summed E-state index contributed by atoms with van der Waals surface area (Å²) in [5.41, 5.74) is 0.395. The van der Waals surface area contributed by atoms with Crippen molar-refractivity contribution in [2.75, 3.05) is 7.05 Å². The molecule has 0 bridgehead atoms. The van der Waals surface area contributed by atoms with Crippen molar-refractivity contribution in [2.24, 2.45) is 0 Å². The number of rotatable bonds is 3. The van der Waals surface area contributed by atoms with Crippen molar-refractivity contribution in [1.82, 2.24) is 4.90 Å². The summed E-state index contributed by atoms with van der Waals surface area (Å²) in [7, 11) is 1.93. The molecule has 1 fully saturated rings. The fraction of sp³-hybridized carbons (Fsp3) is 0.571. The van der Waals surface area contributed by atoms with E-state index in [0.717, 1.165) is 31.7 Å². The van der Waals surface area contributed by atoms with E-state index >= 15 is 0 Å². The highest BCUT2D eigenvalue weighted by molar-refractivity contribution is 6.21. The second-order valence-corrected chi connectivity index (χ2v) is 5.58. The van der Waals surface area contributed by atoms with Gasteiger partial charge in [0.05, 0.1) is 0 Å². The Balaban J connectivity index is 2.05. The molecule has 4 heteroatoms. The molecule has 0 spiro atoms. The Morgan fingerprint density at radius 2 is 2.00 bits per heavy atom. The van der Waals surface area contributed by atoms with Gasteiger partial charge in [0.1, 0.15) is 11.6 Å². The zero-order chi connectivity index (χ0) is 13.1. The minimum atomic E-state index is -0.397. The zero-order valence-corrected chi connectivity index (χ0v) is 11.3. The predicted molar refractivity (Wildman–Crippen MR) is 69.7 cm³/mol. The van der Waals surface area contributed by atoms with E-state index < -0.39 is 5.82 Å². The van der Waals surface area contributed by atoms with Crippen molar-refractivity contribution in [1.29, 1.82) is 0 Å². The zero-order valence-electron chi connectivity index (χ0n) is 10.5. The van der Waals surface area contributed by atoms with E-state index in [4.69, 9.17) is 11.6 Å². The fourth-order valence-corrected chi connectivity index (χ4v) is 3.09. The summed E-state index contributed by atoms with van der Waals surface area (Å²) >= 11 is 6.31. The Hall–Kier alpha value is -0.670. The third kappa shape index (κ3) is 3.21. The molecule has 0 heterocycles. The molecular weight excluding hydrogens is 256 g/mol. The molecule has 1 aromatic carbocycles. The molecule has 0 N–H and O–H groups in total. The number of alkyl halides is 1. The highest BCUT2D eigenvalue weighted by Crippen LogP contribution is 2.27. The Morgan fingerprint density at radius 3 is 2.72 bits per heavy atom. The highest BCUT2D eigenvalue weighted by atomic mass is 35.5. The molecule has 1 aliphatic carbocycles. The van der Waals surface area contributed by atoms with E-state index in [2.05, 4.69) is 0 Å². The number of hydrogen-bond donors (Lipinski definition) is 0. The molecule has 1 nitrogen and oxygen atoms in total. The van der Waals surface area contributed by atoms with Gasteiger partial charge in [-0.25, -0.2) is 8.78 Å². The lowest BCUT2D eigenvalue weighted by atomic mass is 9.93. The van der Waals surface area contributed by atoms with Crippen molar-refractivity contribution in [3.8, 4) is 0 Å². The topological polar surface area (TPSA) is 3.24 Å². The van der Waals surface area contributed by atoms with Gasteiger partial charge in [0.25, 0.3) is 0 Å². The quantitative estimate of drug-likeness (QED) is 0.754. The molecule has 18 heavy (non-hydrogen) atoms. The Bertz CT molecular complexity index is 411. The van der Waals surface area contributed by atoms with Crippen LogP contribution in [-0.2, 0) is 6.54 Å². The van der Waals surface area contributed by atoms with Crippen molar-refractivity contribution < 1.29 is 8.78 Å². The monoisotopic (exact) mass is 273 g/mol. The minimum absolute atomic E-state index is 0.111. The predicted octanol–water partition coefficient (Wildman–Crippen LogP) is 3.95. The first kappa shape index (κ1) is 13.8. The SMILES string of the molecule is CN(Cc1cc(F)ccc1F)C1CCCCC1Cl. The number of halogens is 3. The van der Waals surface area contributed by atoms with Crippen molar-refractivity contribution in [3.05, 3.63) is 35.4 Å². The first-order valence-electron chi connectivity index (χ1n) is 6.36. The van der Waals surface area contributed by atoms with E-state index in [1.165, 1.54) is 12.1 Å². The molecule has 0 aromatic heterocycles. The van der Waals surface area contributed by atoms with E-state index in [9.17, 15) is 8.78 Å². The summed E-state index contributed by atoms with van der Waals surface area (Å²) in [5, 5.41) is 0.111. The van der Waals surface area contributed by atoms with Crippen LogP contribution in [0.1, 0.15) is 31.2 Å². The van der Waals surface area contributed by atoms with Gasteiger partial charge in [0.2, 0.25) is 0 Å². The summed E-state index contributed by atoms with van der Waals surface area (Å²) in [6, 6.07) is 3.84. The fourth-order valence-electron chi connectivity index (χ4n) is 2.61. The van der Waals surface area contributed by atoms with Crippen LogP contribution >= 0.6 is 11.6 Å². The van der Waals surface area contributed by atoms with Gasteiger partial charge in [0.15, 0.2) is 0 Å². The standard InChI is InChI=1S/C14H18ClF2N/c1-18(14-5-3-2-4-12(14)15)9-10-8-11(16)6-7-13(10)17/h6-8,12,14H,2-5,9H2,1H3. The first-order valence-corrected chi connectivity index (χ1v) is 6.80. The lowest BCUT2D eigenvalue weighted by Gasteiger charge is -2.35.